The lowest BCUT2D eigenvalue weighted by molar-refractivity contribution is -0.384. The van der Waals surface area contributed by atoms with E-state index < -0.39 is 26.8 Å². The average molecular weight is 447 g/mol. The minimum absolute atomic E-state index is 0.0384. The molecule has 0 spiro atoms. The maximum atomic E-state index is 12.6. The Bertz CT molecular complexity index is 1050. The summed E-state index contributed by atoms with van der Waals surface area (Å²) in [6, 6.07) is 8.18. The Morgan fingerprint density at radius 1 is 1.13 bits per heavy atom. The van der Waals surface area contributed by atoms with Crippen LogP contribution >= 0.6 is 0 Å². The molecule has 2 N–H and O–H groups in total. The van der Waals surface area contributed by atoms with Crippen molar-refractivity contribution in [2.24, 2.45) is 5.92 Å². The van der Waals surface area contributed by atoms with Crippen molar-refractivity contribution in [2.45, 2.75) is 17.7 Å². The van der Waals surface area contributed by atoms with E-state index in [0.717, 1.165) is 0 Å². The number of nitro groups is 1. The number of carbonyl (C=O) groups excluding carboxylic acids is 2. The van der Waals surface area contributed by atoms with Crippen molar-refractivity contribution in [1.29, 1.82) is 0 Å². The Morgan fingerprint density at radius 2 is 1.81 bits per heavy atom. The third kappa shape index (κ3) is 5.61. The summed E-state index contributed by atoms with van der Waals surface area (Å²) in [4.78, 5) is 38.1. The summed E-state index contributed by atoms with van der Waals surface area (Å²) in [6.07, 6.45) is 3.91. The molecule has 2 amide bonds. The Balaban J connectivity index is 1.45. The zero-order valence-electron chi connectivity index (χ0n) is 16.4. The zero-order chi connectivity index (χ0) is 22.4. The van der Waals surface area contributed by atoms with Crippen LogP contribution in [0.5, 0.6) is 0 Å². The van der Waals surface area contributed by atoms with Crippen molar-refractivity contribution in [1.82, 2.24) is 14.6 Å². The number of piperidine rings is 1. The molecule has 3 rings (SSSR count). The highest BCUT2D eigenvalue weighted by molar-refractivity contribution is 7.89. The van der Waals surface area contributed by atoms with Crippen LogP contribution in [0.2, 0.25) is 0 Å². The van der Waals surface area contributed by atoms with Gasteiger partial charge in [-0.3, -0.25) is 24.7 Å². The molecule has 0 aliphatic carbocycles. The standard InChI is InChI=1S/C19H21N5O6S/c25-18(19(26)22-15-3-5-16(6-4-15)24(27)28)21-12-14-7-10-23(11-8-14)31(29,30)17-2-1-9-20-13-17/h1-6,9,13-14H,7-8,10-12H2,(H,21,25)(H,22,26). The molecule has 0 saturated carbocycles. The molecule has 1 aromatic carbocycles. The van der Waals surface area contributed by atoms with Crippen LogP contribution in [-0.4, -0.2) is 54.1 Å². The lowest BCUT2D eigenvalue weighted by Crippen LogP contribution is -2.43. The maximum absolute atomic E-state index is 12.6. The van der Waals surface area contributed by atoms with Gasteiger partial charge in [0.05, 0.1) is 4.92 Å². The normalized spacial score (nSPS) is 15.2. The summed E-state index contributed by atoms with van der Waals surface area (Å²) >= 11 is 0. The molecule has 2 heterocycles. The van der Waals surface area contributed by atoms with E-state index in [9.17, 15) is 28.1 Å². The Labute approximate surface area is 178 Å². The fourth-order valence-electron chi connectivity index (χ4n) is 3.17. The number of benzene rings is 1. The highest BCUT2D eigenvalue weighted by Gasteiger charge is 2.30. The third-order valence-electron chi connectivity index (χ3n) is 4.94. The van der Waals surface area contributed by atoms with Crippen molar-refractivity contribution in [3.05, 3.63) is 58.9 Å². The average Bonchev–Trinajstić information content (AvgIpc) is 2.78. The SMILES string of the molecule is O=C(NCC1CCN(S(=O)(=O)c2cccnc2)CC1)C(=O)Nc1ccc([N+](=O)[O-])cc1. The van der Waals surface area contributed by atoms with Crippen LogP contribution in [0.3, 0.4) is 0 Å². The molecule has 31 heavy (non-hydrogen) atoms. The quantitative estimate of drug-likeness (QED) is 0.383. The minimum Gasteiger partial charge on any atom is -0.348 e. The first-order valence-corrected chi connectivity index (χ1v) is 10.9. The van der Waals surface area contributed by atoms with Gasteiger partial charge < -0.3 is 10.6 Å². The molecule has 0 radical (unpaired) electrons. The van der Waals surface area contributed by atoms with Crippen molar-refractivity contribution < 1.29 is 22.9 Å². The second kappa shape index (κ2) is 9.62. The number of nitro benzene ring substituents is 1. The van der Waals surface area contributed by atoms with Crippen LogP contribution in [-0.2, 0) is 19.6 Å². The molecular formula is C19H21N5O6S. The Hall–Kier alpha value is -3.38. The largest absolute Gasteiger partial charge is 0.348 e. The van der Waals surface area contributed by atoms with Crippen molar-refractivity contribution in [2.75, 3.05) is 25.0 Å². The number of hydrogen-bond acceptors (Lipinski definition) is 7. The number of non-ortho nitro benzene ring substituents is 1. The summed E-state index contributed by atoms with van der Waals surface area (Å²) in [7, 11) is -3.60. The lowest BCUT2D eigenvalue weighted by Gasteiger charge is -2.31. The van der Waals surface area contributed by atoms with Gasteiger partial charge in [-0.15, -0.1) is 0 Å². The highest BCUT2D eigenvalue weighted by Crippen LogP contribution is 2.23. The topological polar surface area (TPSA) is 152 Å². The second-order valence-corrected chi connectivity index (χ2v) is 8.94. The fraction of sp³-hybridized carbons (Fsp3) is 0.316. The first-order valence-electron chi connectivity index (χ1n) is 9.51. The van der Waals surface area contributed by atoms with Crippen LogP contribution in [0.1, 0.15) is 12.8 Å². The first kappa shape index (κ1) is 22.3. The van der Waals surface area contributed by atoms with Crippen LogP contribution < -0.4 is 10.6 Å². The Morgan fingerprint density at radius 3 is 2.39 bits per heavy atom. The molecule has 2 aromatic rings. The number of pyridine rings is 1. The van der Waals surface area contributed by atoms with Gasteiger partial charge in [0.25, 0.3) is 5.69 Å². The zero-order valence-corrected chi connectivity index (χ0v) is 17.2. The summed E-state index contributed by atoms with van der Waals surface area (Å²) < 4.78 is 26.6. The molecule has 0 bridgehead atoms. The lowest BCUT2D eigenvalue weighted by atomic mass is 9.98. The van der Waals surface area contributed by atoms with Crippen molar-refractivity contribution >= 4 is 33.2 Å². The number of sulfonamides is 1. The van der Waals surface area contributed by atoms with Gasteiger partial charge in [0.15, 0.2) is 0 Å². The molecule has 1 fully saturated rings. The number of hydrogen-bond donors (Lipinski definition) is 2. The van der Waals surface area contributed by atoms with Crippen LogP contribution in [0.15, 0.2) is 53.7 Å². The van der Waals surface area contributed by atoms with Gasteiger partial charge in [0, 0.05) is 49.8 Å². The minimum atomic E-state index is -3.60. The van der Waals surface area contributed by atoms with Gasteiger partial charge >= 0.3 is 11.8 Å². The molecule has 1 aliphatic heterocycles. The van der Waals surface area contributed by atoms with E-state index in [-0.39, 0.29) is 28.7 Å². The van der Waals surface area contributed by atoms with Crippen LogP contribution in [0.25, 0.3) is 0 Å². The van der Waals surface area contributed by atoms with E-state index in [0.29, 0.717) is 25.9 Å². The molecule has 1 aromatic heterocycles. The number of amides is 2. The van der Waals surface area contributed by atoms with Gasteiger partial charge in [-0.1, -0.05) is 0 Å². The highest BCUT2D eigenvalue weighted by atomic mass is 32.2. The van der Waals surface area contributed by atoms with Crippen molar-refractivity contribution in [3.63, 3.8) is 0 Å². The van der Waals surface area contributed by atoms with Gasteiger partial charge in [0.2, 0.25) is 10.0 Å². The van der Waals surface area contributed by atoms with Gasteiger partial charge in [-0.25, -0.2) is 8.42 Å². The van der Waals surface area contributed by atoms with Crippen LogP contribution in [0.4, 0.5) is 11.4 Å². The molecular weight excluding hydrogens is 426 g/mol. The number of carbonyl (C=O) groups is 2. The summed E-state index contributed by atoms with van der Waals surface area (Å²) in [6.45, 7) is 0.868. The summed E-state index contributed by atoms with van der Waals surface area (Å²) in [5.41, 5.74) is 0.138. The third-order valence-corrected chi connectivity index (χ3v) is 6.82. The van der Waals surface area contributed by atoms with Gasteiger partial charge in [-0.05, 0) is 43.0 Å². The molecule has 11 nitrogen and oxygen atoms in total. The maximum Gasteiger partial charge on any atom is 0.313 e. The molecule has 164 valence electrons. The van der Waals surface area contributed by atoms with E-state index in [1.54, 1.807) is 6.07 Å². The smallest absolute Gasteiger partial charge is 0.313 e. The van der Waals surface area contributed by atoms with Crippen LogP contribution in [0, 0.1) is 16.0 Å². The number of anilines is 1. The summed E-state index contributed by atoms with van der Waals surface area (Å²) in [5.74, 6) is -1.68. The Kier molecular flexibility index (Phi) is 6.92. The van der Waals surface area contributed by atoms with Gasteiger partial charge in [-0.2, -0.15) is 4.31 Å². The molecule has 0 unspecified atom stereocenters. The van der Waals surface area contributed by atoms with E-state index in [1.807, 2.05) is 0 Å². The van der Waals surface area contributed by atoms with E-state index in [1.165, 1.54) is 47.0 Å². The molecule has 0 atom stereocenters. The number of rotatable bonds is 6. The molecule has 12 heteroatoms. The number of nitrogens with zero attached hydrogens (tertiary/aromatic N) is 3. The van der Waals surface area contributed by atoms with Crippen molar-refractivity contribution in [3.8, 4) is 0 Å². The first-order chi connectivity index (χ1) is 14.8. The predicted molar refractivity (Wildman–Crippen MR) is 110 cm³/mol. The van der Waals surface area contributed by atoms with E-state index in [4.69, 9.17) is 0 Å². The number of nitrogens with one attached hydrogen (secondary N) is 2. The number of aromatic nitrogens is 1. The molecule has 1 aliphatic rings. The van der Waals surface area contributed by atoms with E-state index in [2.05, 4.69) is 15.6 Å². The second-order valence-electron chi connectivity index (χ2n) is 7.00. The van der Waals surface area contributed by atoms with E-state index >= 15 is 0 Å². The van der Waals surface area contributed by atoms with Gasteiger partial charge in [0.1, 0.15) is 4.90 Å². The monoisotopic (exact) mass is 447 g/mol. The predicted octanol–water partition coefficient (Wildman–Crippen LogP) is 1.15. The fourth-order valence-corrected chi connectivity index (χ4v) is 4.61. The molecule has 1 saturated heterocycles. The summed E-state index contributed by atoms with van der Waals surface area (Å²) in [5, 5.41) is 15.6.